The summed E-state index contributed by atoms with van der Waals surface area (Å²) in [6.45, 7) is 0.399. The molecule has 1 aliphatic carbocycles. The Labute approximate surface area is 148 Å². The van der Waals surface area contributed by atoms with E-state index >= 15 is 0 Å². The summed E-state index contributed by atoms with van der Waals surface area (Å²) in [5.41, 5.74) is 4.28. The number of Topliss-reactive ketones (excluding diaryl/α,β-unsaturated/α-hetero) is 1. The molecule has 0 saturated heterocycles. The van der Waals surface area contributed by atoms with Crippen molar-refractivity contribution in [3.8, 4) is 5.75 Å². The van der Waals surface area contributed by atoms with Crippen LogP contribution in [0.1, 0.15) is 46.3 Å². The van der Waals surface area contributed by atoms with E-state index in [9.17, 15) is 9.59 Å². The molecule has 0 heterocycles. The van der Waals surface area contributed by atoms with E-state index < -0.39 is 0 Å². The van der Waals surface area contributed by atoms with Crippen LogP contribution >= 0.6 is 0 Å². The van der Waals surface area contributed by atoms with Gasteiger partial charge >= 0.3 is 0 Å². The normalized spacial score (nSPS) is 12.5. The minimum absolute atomic E-state index is 0.0298. The van der Waals surface area contributed by atoms with Crippen molar-refractivity contribution >= 4 is 11.7 Å². The van der Waals surface area contributed by atoms with Crippen molar-refractivity contribution in [2.75, 3.05) is 7.11 Å². The smallest absolute Gasteiger partial charge is 0.220 e. The van der Waals surface area contributed by atoms with Crippen LogP contribution in [0, 0.1) is 0 Å². The lowest BCUT2D eigenvalue weighted by Crippen LogP contribution is -2.23. The Hall–Kier alpha value is -2.62. The molecule has 0 bridgehead atoms. The number of aryl methyl sites for hydroxylation is 2. The molecule has 4 nitrogen and oxygen atoms in total. The number of hydrogen-bond acceptors (Lipinski definition) is 3. The number of rotatable bonds is 7. The number of para-hydroxylation sites is 1. The second kappa shape index (κ2) is 7.97. The highest BCUT2D eigenvalue weighted by Crippen LogP contribution is 2.23. The molecule has 0 unspecified atom stereocenters. The first kappa shape index (κ1) is 17.2. The Bertz CT molecular complexity index is 782. The van der Waals surface area contributed by atoms with Crippen LogP contribution < -0.4 is 10.1 Å². The Morgan fingerprint density at radius 1 is 1.04 bits per heavy atom. The van der Waals surface area contributed by atoms with Crippen LogP contribution in [0.4, 0.5) is 0 Å². The summed E-state index contributed by atoms with van der Waals surface area (Å²) in [6.07, 6.45) is 3.75. The monoisotopic (exact) mass is 337 g/mol. The first-order valence-corrected chi connectivity index (χ1v) is 8.71. The highest BCUT2D eigenvalue weighted by Gasteiger charge is 2.15. The molecule has 1 amide bonds. The topological polar surface area (TPSA) is 55.4 Å². The second-order valence-corrected chi connectivity index (χ2v) is 6.35. The van der Waals surface area contributed by atoms with Crippen molar-refractivity contribution in [2.24, 2.45) is 0 Å². The van der Waals surface area contributed by atoms with Gasteiger partial charge in [-0.25, -0.2) is 0 Å². The fourth-order valence-corrected chi connectivity index (χ4v) is 3.25. The van der Waals surface area contributed by atoms with Crippen LogP contribution in [0.3, 0.4) is 0 Å². The summed E-state index contributed by atoms with van der Waals surface area (Å²) in [6, 6.07) is 13.5. The van der Waals surface area contributed by atoms with Crippen LogP contribution in [0.15, 0.2) is 42.5 Å². The molecule has 0 aromatic heterocycles. The van der Waals surface area contributed by atoms with Gasteiger partial charge in [0.2, 0.25) is 5.91 Å². The Morgan fingerprint density at radius 3 is 2.68 bits per heavy atom. The summed E-state index contributed by atoms with van der Waals surface area (Å²) in [7, 11) is 1.61. The van der Waals surface area contributed by atoms with E-state index in [-0.39, 0.29) is 24.5 Å². The standard InChI is InChI=1S/C21H23NO3/c1-25-20-8-3-2-5-18(20)14-22-21(24)12-11-19(23)17-10-9-15-6-4-7-16(15)13-17/h2-3,5,8-10,13H,4,6-7,11-12,14H2,1H3,(H,22,24). The quantitative estimate of drug-likeness (QED) is 0.787. The molecule has 0 aliphatic heterocycles. The molecule has 2 aromatic rings. The molecule has 25 heavy (non-hydrogen) atoms. The van der Waals surface area contributed by atoms with Gasteiger partial charge in [-0.3, -0.25) is 9.59 Å². The van der Waals surface area contributed by atoms with E-state index in [1.807, 2.05) is 36.4 Å². The van der Waals surface area contributed by atoms with E-state index in [2.05, 4.69) is 11.4 Å². The molecule has 0 fully saturated rings. The third-order valence-electron chi connectivity index (χ3n) is 4.67. The molecule has 0 radical (unpaired) electrons. The van der Waals surface area contributed by atoms with Crippen LogP contribution in [0.5, 0.6) is 5.75 Å². The van der Waals surface area contributed by atoms with Gasteiger partial charge in [0.1, 0.15) is 5.75 Å². The van der Waals surface area contributed by atoms with Crippen LogP contribution in [-0.2, 0) is 24.2 Å². The number of amides is 1. The SMILES string of the molecule is COc1ccccc1CNC(=O)CCC(=O)c1ccc2c(c1)CCC2. The molecule has 0 saturated carbocycles. The Morgan fingerprint density at radius 2 is 1.84 bits per heavy atom. The maximum Gasteiger partial charge on any atom is 0.220 e. The van der Waals surface area contributed by atoms with Gasteiger partial charge in [0.15, 0.2) is 5.78 Å². The van der Waals surface area contributed by atoms with Crippen molar-refractivity contribution in [1.29, 1.82) is 0 Å². The molecular formula is C21H23NO3. The lowest BCUT2D eigenvalue weighted by atomic mass is 10.0. The number of fused-ring (bicyclic) bond motifs is 1. The predicted molar refractivity (Wildman–Crippen MR) is 96.9 cm³/mol. The van der Waals surface area contributed by atoms with Crippen LogP contribution in [0.25, 0.3) is 0 Å². The molecule has 3 rings (SSSR count). The fourth-order valence-electron chi connectivity index (χ4n) is 3.25. The first-order chi connectivity index (χ1) is 12.2. The molecule has 0 atom stereocenters. The van der Waals surface area contributed by atoms with Crippen molar-refractivity contribution in [2.45, 2.75) is 38.6 Å². The number of benzene rings is 2. The van der Waals surface area contributed by atoms with E-state index in [1.165, 1.54) is 17.5 Å². The van der Waals surface area contributed by atoms with Gasteiger partial charge in [-0.1, -0.05) is 30.3 Å². The Kier molecular flexibility index (Phi) is 5.49. The third-order valence-corrected chi connectivity index (χ3v) is 4.67. The number of nitrogens with one attached hydrogen (secondary N) is 1. The molecule has 130 valence electrons. The third kappa shape index (κ3) is 4.27. The molecular weight excluding hydrogens is 314 g/mol. The van der Waals surface area contributed by atoms with Gasteiger partial charge in [-0.15, -0.1) is 0 Å². The van der Waals surface area contributed by atoms with E-state index in [4.69, 9.17) is 4.74 Å². The zero-order chi connectivity index (χ0) is 17.6. The van der Waals surface area contributed by atoms with Gasteiger partial charge in [0, 0.05) is 30.5 Å². The number of carbonyl (C=O) groups excluding carboxylic acids is 2. The summed E-state index contributed by atoms with van der Waals surface area (Å²) in [4.78, 5) is 24.4. The van der Waals surface area contributed by atoms with E-state index in [1.54, 1.807) is 7.11 Å². The molecule has 1 aliphatic rings. The lowest BCUT2D eigenvalue weighted by molar-refractivity contribution is -0.121. The number of hydrogen-bond donors (Lipinski definition) is 1. The average molecular weight is 337 g/mol. The molecule has 2 aromatic carbocycles. The minimum Gasteiger partial charge on any atom is -0.496 e. The van der Waals surface area contributed by atoms with Gasteiger partial charge < -0.3 is 10.1 Å². The highest BCUT2D eigenvalue weighted by molar-refractivity contribution is 5.98. The van der Waals surface area contributed by atoms with Gasteiger partial charge in [-0.2, -0.15) is 0 Å². The van der Waals surface area contributed by atoms with Crippen LogP contribution in [0.2, 0.25) is 0 Å². The number of ketones is 1. The van der Waals surface area contributed by atoms with Crippen molar-refractivity contribution in [1.82, 2.24) is 5.32 Å². The summed E-state index contributed by atoms with van der Waals surface area (Å²) < 4.78 is 5.26. The largest absolute Gasteiger partial charge is 0.496 e. The van der Waals surface area contributed by atoms with Crippen molar-refractivity contribution in [3.05, 3.63) is 64.7 Å². The zero-order valence-corrected chi connectivity index (χ0v) is 14.5. The van der Waals surface area contributed by atoms with E-state index in [0.29, 0.717) is 6.54 Å². The number of methoxy groups -OCH3 is 1. The zero-order valence-electron chi connectivity index (χ0n) is 14.5. The maximum absolute atomic E-state index is 12.3. The van der Waals surface area contributed by atoms with Crippen LogP contribution in [-0.4, -0.2) is 18.8 Å². The Balaban J connectivity index is 1.49. The fraction of sp³-hybridized carbons (Fsp3) is 0.333. The summed E-state index contributed by atoms with van der Waals surface area (Å²) >= 11 is 0. The van der Waals surface area contributed by atoms with Gasteiger partial charge in [0.05, 0.1) is 7.11 Å². The van der Waals surface area contributed by atoms with Gasteiger partial charge in [-0.05, 0) is 42.5 Å². The average Bonchev–Trinajstić information content (AvgIpc) is 3.12. The highest BCUT2D eigenvalue weighted by atomic mass is 16.5. The van der Waals surface area contributed by atoms with E-state index in [0.717, 1.165) is 29.7 Å². The summed E-state index contributed by atoms with van der Waals surface area (Å²) in [5, 5.41) is 2.85. The molecule has 4 heteroatoms. The summed E-state index contributed by atoms with van der Waals surface area (Å²) in [5.74, 6) is 0.652. The predicted octanol–water partition coefficient (Wildman–Crippen LogP) is 3.46. The minimum atomic E-state index is -0.125. The molecule has 0 spiro atoms. The van der Waals surface area contributed by atoms with Crippen molar-refractivity contribution in [3.63, 3.8) is 0 Å². The maximum atomic E-state index is 12.3. The number of carbonyl (C=O) groups is 2. The molecule has 1 N–H and O–H groups in total. The second-order valence-electron chi connectivity index (χ2n) is 6.35. The first-order valence-electron chi connectivity index (χ1n) is 8.71. The lowest BCUT2D eigenvalue weighted by Gasteiger charge is -2.09. The van der Waals surface area contributed by atoms with Crippen molar-refractivity contribution < 1.29 is 14.3 Å². The number of ether oxygens (including phenoxy) is 1. The van der Waals surface area contributed by atoms with Gasteiger partial charge in [0.25, 0.3) is 0 Å².